The van der Waals surface area contributed by atoms with Gasteiger partial charge in [0.25, 0.3) is 5.69 Å². The fourth-order valence-corrected chi connectivity index (χ4v) is 2.53. The largest absolute Gasteiger partial charge is 0.463 e. The zero-order valence-electron chi connectivity index (χ0n) is 15.1. The Kier molecular flexibility index (Phi) is 8.00. The lowest BCUT2D eigenvalue weighted by molar-refractivity contribution is -0.385. The maximum Gasteiger partial charge on any atom is 0.305 e. The minimum atomic E-state index is -0.500. The van der Waals surface area contributed by atoms with Crippen molar-refractivity contribution in [3.63, 3.8) is 0 Å². The predicted molar refractivity (Wildman–Crippen MR) is 104 cm³/mol. The first-order valence-corrected chi connectivity index (χ1v) is 9.12. The molecular formula is C19H22ClN3O4. The van der Waals surface area contributed by atoms with Crippen molar-refractivity contribution in [2.75, 3.05) is 11.9 Å². The van der Waals surface area contributed by atoms with E-state index in [9.17, 15) is 14.9 Å². The molecule has 27 heavy (non-hydrogen) atoms. The van der Waals surface area contributed by atoms with E-state index in [2.05, 4.69) is 10.3 Å². The molecule has 1 heterocycles. The molecule has 1 aromatic carbocycles. The van der Waals surface area contributed by atoms with Crippen molar-refractivity contribution in [3.8, 4) is 0 Å². The van der Waals surface area contributed by atoms with Crippen LogP contribution in [0, 0.1) is 10.1 Å². The number of pyridine rings is 1. The Morgan fingerprint density at radius 2 is 2.04 bits per heavy atom. The summed E-state index contributed by atoms with van der Waals surface area (Å²) in [6.45, 7) is 2.17. The van der Waals surface area contributed by atoms with Crippen LogP contribution >= 0.6 is 11.6 Å². The van der Waals surface area contributed by atoms with Crippen LogP contribution in [0.25, 0.3) is 0 Å². The molecule has 1 N–H and O–H groups in total. The number of anilines is 1. The molecular weight excluding hydrogens is 370 g/mol. The van der Waals surface area contributed by atoms with Crippen molar-refractivity contribution >= 4 is 29.1 Å². The lowest BCUT2D eigenvalue weighted by atomic mass is 10.1. The molecule has 0 amide bonds. The van der Waals surface area contributed by atoms with E-state index in [0.717, 1.165) is 18.4 Å². The number of halogens is 1. The minimum Gasteiger partial charge on any atom is -0.463 e. The molecule has 144 valence electrons. The van der Waals surface area contributed by atoms with Crippen molar-refractivity contribution < 1.29 is 14.5 Å². The van der Waals surface area contributed by atoms with Crippen LogP contribution in [0.15, 0.2) is 42.6 Å². The summed E-state index contributed by atoms with van der Waals surface area (Å²) in [7, 11) is 0. The van der Waals surface area contributed by atoms with E-state index in [0.29, 0.717) is 23.7 Å². The summed E-state index contributed by atoms with van der Waals surface area (Å²) >= 11 is 5.85. The van der Waals surface area contributed by atoms with E-state index >= 15 is 0 Å². The van der Waals surface area contributed by atoms with Gasteiger partial charge in [-0.2, -0.15) is 0 Å². The fourth-order valence-electron chi connectivity index (χ4n) is 2.40. The summed E-state index contributed by atoms with van der Waals surface area (Å²) in [6, 6.07) is 10.4. The van der Waals surface area contributed by atoms with Crippen molar-refractivity contribution in [1.82, 2.24) is 4.98 Å². The van der Waals surface area contributed by atoms with Crippen LogP contribution in [0.2, 0.25) is 5.02 Å². The molecule has 2 rings (SSSR count). The molecule has 8 heteroatoms. The molecule has 0 saturated carbocycles. The quantitative estimate of drug-likeness (QED) is 0.366. The molecule has 0 spiro atoms. The van der Waals surface area contributed by atoms with Gasteiger partial charge in [-0.25, -0.2) is 4.98 Å². The van der Waals surface area contributed by atoms with Gasteiger partial charge in [0.1, 0.15) is 18.6 Å². The van der Waals surface area contributed by atoms with Gasteiger partial charge in [0.2, 0.25) is 0 Å². The van der Waals surface area contributed by atoms with E-state index in [1.165, 1.54) is 18.3 Å². The SMILES string of the molecule is CCC(COC(=O)CCCc1ccc(Cl)cc1)Nc1ccc([N+](=O)[O-])cn1. The normalized spacial score (nSPS) is 11.6. The molecule has 1 aromatic heterocycles. The van der Waals surface area contributed by atoms with Gasteiger partial charge < -0.3 is 10.1 Å². The summed E-state index contributed by atoms with van der Waals surface area (Å²) in [4.78, 5) is 26.1. The maximum atomic E-state index is 11.9. The first kappa shape index (κ1) is 20.6. The van der Waals surface area contributed by atoms with Crippen LogP contribution in [0.4, 0.5) is 11.5 Å². The Balaban J connectivity index is 1.71. The van der Waals surface area contributed by atoms with E-state index in [4.69, 9.17) is 16.3 Å². The van der Waals surface area contributed by atoms with Crippen LogP contribution in [0.3, 0.4) is 0 Å². The molecule has 0 aliphatic heterocycles. The highest BCUT2D eigenvalue weighted by Gasteiger charge is 2.12. The zero-order valence-corrected chi connectivity index (χ0v) is 15.8. The number of ether oxygens (including phenoxy) is 1. The van der Waals surface area contributed by atoms with Crippen molar-refractivity contribution in [1.29, 1.82) is 0 Å². The van der Waals surface area contributed by atoms with Gasteiger partial charge in [-0.05, 0) is 43.0 Å². The minimum absolute atomic E-state index is 0.0688. The third-order valence-electron chi connectivity index (χ3n) is 4.01. The number of carbonyl (C=O) groups excluding carboxylic acids is 1. The second-order valence-electron chi connectivity index (χ2n) is 6.07. The molecule has 0 aliphatic rings. The first-order valence-electron chi connectivity index (χ1n) is 8.75. The van der Waals surface area contributed by atoms with Gasteiger partial charge >= 0.3 is 5.97 Å². The molecule has 0 radical (unpaired) electrons. The number of esters is 1. The van der Waals surface area contributed by atoms with Gasteiger partial charge in [-0.15, -0.1) is 0 Å². The Morgan fingerprint density at radius 1 is 1.30 bits per heavy atom. The Hall–Kier alpha value is -2.67. The average molecular weight is 392 g/mol. The summed E-state index contributed by atoms with van der Waals surface area (Å²) in [6.07, 6.45) is 3.74. The number of hydrogen-bond acceptors (Lipinski definition) is 6. The molecule has 0 fully saturated rings. The Labute approximate surface area is 162 Å². The summed E-state index contributed by atoms with van der Waals surface area (Å²) in [5.74, 6) is 0.257. The van der Waals surface area contributed by atoms with Crippen LogP contribution < -0.4 is 5.32 Å². The van der Waals surface area contributed by atoms with Crippen molar-refractivity contribution in [3.05, 3.63) is 63.3 Å². The highest BCUT2D eigenvalue weighted by Crippen LogP contribution is 2.14. The number of nitrogens with zero attached hydrogens (tertiary/aromatic N) is 2. The van der Waals surface area contributed by atoms with E-state index in [1.54, 1.807) is 0 Å². The summed E-state index contributed by atoms with van der Waals surface area (Å²) in [5, 5.41) is 14.4. The van der Waals surface area contributed by atoms with Gasteiger partial charge in [0.15, 0.2) is 0 Å². The number of carbonyl (C=O) groups is 1. The highest BCUT2D eigenvalue weighted by molar-refractivity contribution is 6.30. The van der Waals surface area contributed by atoms with Crippen molar-refractivity contribution in [2.24, 2.45) is 0 Å². The molecule has 7 nitrogen and oxygen atoms in total. The van der Waals surface area contributed by atoms with Crippen LogP contribution in [0.5, 0.6) is 0 Å². The summed E-state index contributed by atoms with van der Waals surface area (Å²) in [5.41, 5.74) is 1.06. The second kappa shape index (κ2) is 10.5. The first-order chi connectivity index (χ1) is 13.0. The third-order valence-corrected chi connectivity index (χ3v) is 4.26. The van der Waals surface area contributed by atoms with Gasteiger partial charge in [-0.3, -0.25) is 14.9 Å². The molecule has 1 unspecified atom stereocenters. The standard InChI is InChI=1S/C19H22ClN3O4/c1-2-16(22-18-11-10-17(12-21-18)23(25)26)13-27-19(24)5-3-4-14-6-8-15(20)9-7-14/h6-12,16H,2-5,13H2,1H3,(H,21,22). The molecule has 0 bridgehead atoms. The highest BCUT2D eigenvalue weighted by atomic mass is 35.5. The van der Waals surface area contributed by atoms with E-state index in [1.807, 2.05) is 31.2 Å². The maximum absolute atomic E-state index is 11.9. The number of aryl methyl sites for hydroxylation is 1. The molecule has 2 aromatic rings. The lowest BCUT2D eigenvalue weighted by Gasteiger charge is -2.17. The monoisotopic (exact) mass is 391 g/mol. The number of aromatic nitrogens is 1. The molecule has 1 atom stereocenters. The Bertz CT molecular complexity index is 751. The number of nitro groups is 1. The lowest BCUT2D eigenvalue weighted by Crippen LogP contribution is -2.26. The number of hydrogen-bond donors (Lipinski definition) is 1. The fraction of sp³-hybridized carbons (Fsp3) is 0.368. The Morgan fingerprint density at radius 3 is 2.63 bits per heavy atom. The summed E-state index contributed by atoms with van der Waals surface area (Å²) < 4.78 is 5.33. The van der Waals surface area contributed by atoms with E-state index < -0.39 is 4.92 Å². The topological polar surface area (TPSA) is 94.4 Å². The van der Waals surface area contributed by atoms with E-state index in [-0.39, 0.29) is 24.3 Å². The number of rotatable bonds is 10. The van der Waals surface area contributed by atoms with Gasteiger partial charge in [-0.1, -0.05) is 30.7 Å². The van der Waals surface area contributed by atoms with Crippen LogP contribution in [-0.2, 0) is 16.0 Å². The molecule has 0 aliphatic carbocycles. The van der Waals surface area contributed by atoms with Crippen LogP contribution in [-0.4, -0.2) is 28.5 Å². The number of nitrogens with one attached hydrogen (secondary N) is 1. The van der Waals surface area contributed by atoms with Gasteiger partial charge in [0, 0.05) is 17.5 Å². The molecule has 0 saturated heterocycles. The predicted octanol–water partition coefficient (Wildman–Crippen LogP) is 4.40. The third kappa shape index (κ3) is 7.22. The second-order valence-corrected chi connectivity index (χ2v) is 6.51. The van der Waals surface area contributed by atoms with Crippen molar-refractivity contribution in [2.45, 2.75) is 38.6 Å². The van der Waals surface area contributed by atoms with Crippen LogP contribution in [0.1, 0.15) is 31.7 Å². The average Bonchev–Trinajstić information content (AvgIpc) is 2.67. The zero-order chi connectivity index (χ0) is 19.6. The van der Waals surface area contributed by atoms with Gasteiger partial charge in [0.05, 0.1) is 11.0 Å². The number of benzene rings is 1. The smallest absolute Gasteiger partial charge is 0.305 e.